The van der Waals surface area contributed by atoms with E-state index in [0.717, 1.165) is 22.4 Å². The van der Waals surface area contributed by atoms with Gasteiger partial charge in [0.1, 0.15) is 0 Å². The molecule has 1 aromatic heterocycles. The molecule has 3 aromatic rings. The van der Waals surface area contributed by atoms with Crippen molar-refractivity contribution < 1.29 is 0 Å². The Morgan fingerprint density at radius 3 is 1.85 bits per heavy atom. The van der Waals surface area contributed by atoms with Gasteiger partial charge in [0.15, 0.2) is 0 Å². The summed E-state index contributed by atoms with van der Waals surface area (Å²) in [6.07, 6.45) is 0. The number of nitrogens with zero attached hydrogens (tertiary/aromatic N) is 1. The quantitative estimate of drug-likeness (QED) is 0.769. The van der Waals surface area contributed by atoms with Crippen molar-refractivity contribution in [1.82, 2.24) is 10.2 Å². The van der Waals surface area contributed by atoms with E-state index in [-0.39, 0.29) is 5.56 Å². The lowest BCUT2D eigenvalue weighted by atomic mass is 9.95. The van der Waals surface area contributed by atoms with Crippen LogP contribution in [0.1, 0.15) is 5.69 Å². The molecule has 3 rings (SSSR count). The number of hydrogen-bond acceptors (Lipinski definition) is 2. The van der Waals surface area contributed by atoms with Crippen LogP contribution in [0.3, 0.4) is 0 Å². The molecule has 20 heavy (non-hydrogen) atoms. The van der Waals surface area contributed by atoms with E-state index in [1.165, 1.54) is 0 Å². The zero-order chi connectivity index (χ0) is 13.9. The molecule has 1 heterocycles. The summed E-state index contributed by atoms with van der Waals surface area (Å²) >= 11 is 0. The number of aromatic nitrogens is 2. The van der Waals surface area contributed by atoms with Crippen molar-refractivity contribution in [3.63, 3.8) is 0 Å². The molecule has 0 radical (unpaired) electrons. The first kappa shape index (κ1) is 12.4. The summed E-state index contributed by atoms with van der Waals surface area (Å²) in [5.74, 6) is 0. The summed E-state index contributed by atoms with van der Waals surface area (Å²) in [7, 11) is 0. The van der Waals surface area contributed by atoms with E-state index >= 15 is 0 Å². The predicted octanol–water partition coefficient (Wildman–Crippen LogP) is 3.41. The van der Waals surface area contributed by atoms with Gasteiger partial charge >= 0.3 is 0 Å². The molecule has 2 aromatic carbocycles. The maximum atomic E-state index is 12.2. The zero-order valence-corrected chi connectivity index (χ0v) is 11.1. The zero-order valence-electron chi connectivity index (χ0n) is 11.1. The Hall–Kier alpha value is -2.68. The molecule has 0 aliphatic rings. The molecule has 0 saturated carbocycles. The van der Waals surface area contributed by atoms with Crippen LogP contribution in [0.2, 0.25) is 0 Å². The first-order chi connectivity index (χ1) is 9.77. The van der Waals surface area contributed by atoms with Gasteiger partial charge in [-0.05, 0) is 18.1 Å². The summed E-state index contributed by atoms with van der Waals surface area (Å²) in [5.41, 5.74) is 4.11. The number of nitrogens with one attached hydrogen (secondary N) is 1. The van der Waals surface area contributed by atoms with Gasteiger partial charge in [0.25, 0.3) is 5.56 Å². The van der Waals surface area contributed by atoms with E-state index < -0.39 is 0 Å². The molecular formula is C17H14N2O. The molecule has 1 N–H and O–H groups in total. The van der Waals surface area contributed by atoms with Gasteiger partial charge in [0.05, 0.1) is 11.3 Å². The van der Waals surface area contributed by atoms with Gasteiger partial charge in [-0.1, -0.05) is 60.7 Å². The van der Waals surface area contributed by atoms with Crippen LogP contribution in [0.25, 0.3) is 22.3 Å². The Morgan fingerprint density at radius 1 is 0.800 bits per heavy atom. The SMILES string of the molecule is Cc1n[nH]c(=O)c(-c2ccccc2)c1-c1ccccc1. The summed E-state index contributed by atoms with van der Waals surface area (Å²) < 4.78 is 0. The molecule has 98 valence electrons. The van der Waals surface area contributed by atoms with Crippen molar-refractivity contribution in [2.24, 2.45) is 0 Å². The number of aromatic amines is 1. The van der Waals surface area contributed by atoms with Crippen molar-refractivity contribution >= 4 is 0 Å². The van der Waals surface area contributed by atoms with Crippen LogP contribution in [-0.2, 0) is 0 Å². The molecule has 0 atom stereocenters. The van der Waals surface area contributed by atoms with Gasteiger partial charge in [-0.3, -0.25) is 4.79 Å². The van der Waals surface area contributed by atoms with E-state index in [1.807, 2.05) is 67.6 Å². The van der Waals surface area contributed by atoms with Crippen LogP contribution in [-0.4, -0.2) is 10.2 Å². The first-order valence-electron chi connectivity index (χ1n) is 6.47. The maximum absolute atomic E-state index is 12.2. The second kappa shape index (κ2) is 5.13. The average molecular weight is 262 g/mol. The Labute approximate surface area is 116 Å². The predicted molar refractivity (Wildman–Crippen MR) is 80.5 cm³/mol. The van der Waals surface area contributed by atoms with Gasteiger partial charge in [0, 0.05) is 5.56 Å². The summed E-state index contributed by atoms with van der Waals surface area (Å²) in [6.45, 7) is 1.91. The summed E-state index contributed by atoms with van der Waals surface area (Å²) in [4.78, 5) is 12.2. The fourth-order valence-corrected chi connectivity index (χ4v) is 2.38. The van der Waals surface area contributed by atoms with Crippen LogP contribution >= 0.6 is 0 Å². The van der Waals surface area contributed by atoms with Gasteiger partial charge in [-0.15, -0.1) is 0 Å². The lowest BCUT2D eigenvalue weighted by Gasteiger charge is -2.11. The topological polar surface area (TPSA) is 45.8 Å². The highest BCUT2D eigenvalue weighted by Crippen LogP contribution is 2.30. The van der Waals surface area contributed by atoms with Crippen molar-refractivity contribution in [2.75, 3.05) is 0 Å². The van der Waals surface area contributed by atoms with Crippen LogP contribution in [0, 0.1) is 6.92 Å². The van der Waals surface area contributed by atoms with Crippen molar-refractivity contribution in [3.8, 4) is 22.3 Å². The van der Waals surface area contributed by atoms with Crippen LogP contribution < -0.4 is 5.56 Å². The van der Waals surface area contributed by atoms with E-state index in [1.54, 1.807) is 0 Å². The molecule has 0 saturated heterocycles. The molecule has 3 heteroatoms. The van der Waals surface area contributed by atoms with Crippen molar-refractivity contribution in [1.29, 1.82) is 0 Å². The summed E-state index contributed by atoms with van der Waals surface area (Å²) in [6, 6.07) is 19.6. The van der Waals surface area contributed by atoms with Crippen LogP contribution in [0.15, 0.2) is 65.5 Å². The number of H-pyrrole nitrogens is 1. The minimum atomic E-state index is -0.166. The highest BCUT2D eigenvalue weighted by molar-refractivity contribution is 5.83. The summed E-state index contributed by atoms with van der Waals surface area (Å²) in [5, 5.41) is 6.67. The Morgan fingerprint density at radius 2 is 1.30 bits per heavy atom. The lowest BCUT2D eigenvalue weighted by Crippen LogP contribution is -2.14. The molecule has 0 fully saturated rings. The van der Waals surface area contributed by atoms with Gasteiger partial charge in [-0.2, -0.15) is 5.10 Å². The molecule has 0 unspecified atom stereocenters. The average Bonchev–Trinajstić information content (AvgIpc) is 2.51. The van der Waals surface area contributed by atoms with Gasteiger partial charge < -0.3 is 0 Å². The third-order valence-electron chi connectivity index (χ3n) is 3.29. The smallest absolute Gasteiger partial charge is 0.267 e. The van der Waals surface area contributed by atoms with Crippen molar-refractivity contribution in [2.45, 2.75) is 6.92 Å². The lowest BCUT2D eigenvalue weighted by molar-refractivity contribution is 0.952. The minimum absolute atomic E-state index is 0.166. The van der Waals surface area contributed by atoms with E-state index in [0.29, 0.717) is 5.56 Å². The molecule has 0 spiro atoms. The normalized spacial score (nSPS) is 10.4. The highest BCUT2D eigenvalue weighted by atomic mass is 16.1. The number of benzene rings is 2. The molecule has 3 nitrogen and oxygen atoms in total. The number of rotatable bonds is 2. The third kappa shape index (κ3) is 2.14. The van der Waals surface area contributed by atoms with Gasteiger partial charge in [-0.25, -0.2) is 5.10 Å². The monoisotopic (exact) mass is 262 g/mol. The molecule has 0 aliphatic heterocycles. The fourth-order valence-electron chi connectivity index (χ4n) is 2.38. The van der Waals surface area contributed by atoms with Crippen molar-refractivity contribution in [3.05, 3.63) is 76.7 Å². The second-order valence-corrected chi connectivity index (χ2v) is 4.62. The Kier molecular flexibility index (Phi) is 3.17. The number of hydrogen-bond donors (Lipinski definition) is 1. The second-order valence-electron chi connectivity index (χ2n) is 4.62. The Bertz CT molecular complexity index is 777. The number of aryl methyl sites for hydroxylation is 1. The molecule has 0 amide bonds. The van der Waals surface area contributed by atoms with Gasteiger partial charge in [0.2, 0.25) is 0 Å². The minimum Gasteiger partial charge on any atom is -0.267 e. The van der Waals surface area contributed by atoms with E-state index in [2.05, 4.69) is 10.2 Å². The molecular weight excluding hydrogens is 248 g/mol. The fraction of sp³-hybridized carbons (Fsp3) is 0.0588. The largest absolute Gasteiger partial charge is 0.272 e. The van der Waals surface area contributed by atoms with E-state index in [4.69, 9.17) is 0 Å². The van der Waals surface area contributed by atoms with Crippen LogP contribution in [0.4, 0.5) is 0 Å². The first-order valence-corrected chi connectivity index (χ1v) is 6.47. The molecule has 0 bridgehead atoms. The third-order valence-corrected chi connectivity index (χ3v) is 3.29. The van der Waals surface area contributed by atoms with E-state index in [9.17, 15) is 4.79 Å². The van der Waals surface area contributed by atoms with Crippen LogP contribution in [0.5, 0.6) is 0 Å². The standard InChI is InChI=1S/C17H14N2O/c1-12-15(13-8-4-2-5-9-13)16(17(20)19-18-12)14-10-6-3-7-11-14/h2-11H,1H3,(H,19,20). The maximum Gasteiger partial charge on any atom is 0.272 e. The Balaban J connectivity index is 2.35. The molecule has 0 aliphatic carbocycles. The highest BCUT2D eigenvalue weighted by Gasteiger charge is 2.14.